The number of aromatic hydroxyl groups is 1. The number of anilines is 1. The van der Waals surface area contributed by atoms with E-state index in [1.807, 2.05) is 11.0 Å². The summed E-state index contributed by atoms with van der Waals surface area (Å²) in [7, 11) is 0. The number of ether oxygens (including phenoxy) is 1. The zero-order chi connectivity index (χ0) is 18.2. The Morgan fingerprint density at radius 2 is 1.92 bits per heavy atom. The Kier molecular flexibility index (Phi) is 6.23. The summed E-state index contributed by atoms with van der Waals surface area (Å²) in [5.74, 6) is -0.436. The molecule has 1 aromatic rings. The van der Waals surface area contributed by atoms with Crippen molar-refractivity contribution in [3.63, 3.8) is 0 Å². The number of amides is 2. The molecule has 0 aromatic heterocycles. The molecule has 0 unspecified atom stereocenters. The number of phenolic OH excluding ortho intramolecular Hbond substituents is 1. The zero-order valence-corrected chi connectivity index (χ0v) is 13.9. The van der Waals surface area contributed by atoms with Crippen LogP contribution < -0.4 is 5.32 Å². The van der Waals surface area contributed by atoms with Crippen molar-refractivity contribution < 1.29 is 19.4 Å². The number of nitriles is 1. The van der Waals surface area contributed by atoms with Crippen molar-refractivity contribution in [3.05, 3.63) is 36.0 Å². The monoisotopic (exact) mass is 344 g/mol. The molecule has 2 amide bonds. The SMILES string of the molecule is CCOC(=O)N1CCN(/C=C(/C#N)C(=O)Nc2ccc(O)cc2)CC1. The van der Waals surface area contributed by atoms with Gasteiger partial charge in [-0.05, 0) is 31.2 Å². The highest BCUT2D eigenvalue weighted by Gasteiger charge is 2.21. The van der Waals surface area contributed by atoms with E-state index in [1.54, 1.807) is 24.0 Å². The summed E-state index contributed by atoms with van der Waals surface area (Å²) >= 11 is 0. The average molecular weight is 344 g/mol. The van der Waals surface area contributed by atoms with Crippen LogP contribution in [0.2, 0.25) is 0 Å². The first-order valence-corrected chi connectivity index (χ1v) is 7.91. The normalized spacial score (nSPS) is 14.6. The zero-order valence-electron chi connectivity index (χ0n) is 13.9. The first-order chi connectivity index (χ1) is 12.0. The van der Waals surface area contributed by atoms with Gasteiger partial charge < -0.3 is 25.0 Å². The lowest BCUT2D eigenvalue weighted by Crippen LogP contribution is -2.47. The summed E-state index contributed by atoms with van der Waals surface area (Å²) in [6.07, 6.45) is 1.15. The largest absolute Gasteiger partial charge is 0.508 e. The van der Waals surface area contributed by atoms with Crippen molar-refractivity contribution >= 4 is 17.7 Å². The topological polar surface area (TPSA) is 106 Å². The molecule has 1 heterocycles. The summed E-state index contributed by atoms with van der Waals surface area (Å²) in [5, 5.41) is 21.1. The summed E-state index contributed by atoms with van der Waals surface area (Å²) < 4.78 is 4.95. The molecule has 0 aliphatic carbocycles. The number of nitrogens with zero attached hydrogens (tertiary/aromatic N) is 3. The van der Waals surface area contributed by atoms with E-state index >= 15 is 0 Å². The van der Waals surface area contributed by atoms with Gasteiger partial charge in [0.1, 0.15) is 17.4 Å². The molecule has 1 saturated heterocycles. The van der Waals surface area contributed by atoms with E-state index in [0.29, 0.717) is 38.5 Å². The molecule has 1 fully saturated rings. The Labute approximate surface area is 145 Å². The molecular weight excluding hydrogens is 324 g/mol. The lowest BCUT2D eigenvalue weighted by molar-refractivity contribution is -0.112. The van der Waals surface area contributed by atoms with Gasteiger partial charge in [0.15, 0.2) is 0 Å². The number of nitrogens with one attached hydrogen (secondary N) is 1. The van der Waals surface area contributed by atoms with Crippen LogP contribution in [-0.4, -0.2) is 59.7 Å². The van der Waals surface area contributed by atoms with E-state index in [1.165, 1.54) is 18.3 Å². The summed E-state index contributed by atoms with van der Waals surface area (Å²) in [6, 6.07) is 7.86. The van der Waals surface area contributed by atoms with Crippen molar-refractivity contribution in [3.8, 4) is 11.8 Å². The predicted octanol–water partition coefficient (Wildman–Crippen LogP) is 1.51. The van der Waals surface area contributed by atoms with Gasteiger partial charge in [-0.2, -0.15) is 5.26 Å². The Morgan fingerprint density at radius 1 is 1.28 bits per heavy atom. The number of benzene rings is 1. The fourth-order valence-corrected chi connectivity index (χ4v) is 2.31. The second-order valence-electron chi connectivity index (χ2n) is 5.38. The van der Waals surface area contributed by atoms with Crippen LogP contribution in [0.5, 0.6) is 5.75 Å². The lowest BCUT2D eigenvalue weighted by atomic mass is 10.2. The molecule has 25 heavy (non-hydrogen) atoms. The molecule has 0 radical (unpaired) electrons. The van der Waals surface area contributed by atoms with Gasteiger partial charge in [0.05, 0.1) is 6.61 Å². The Balaban J connectivity index is 1.94. The van der Waals surface area contributed by atoms with E-state index in [4.69, 9.17) is 4.74 Å². The molecule has 1 aliphatic rings. The molecular formula is C17H20N4O4. The van der Waals surface area contributed by atoms with Gasteiger partial charge in [0.2, 0.25) is 0 Å². The fourth-order valence-electron chi connectivity index (χ4n) is 2.31. The molecule has 0 bridgehead atoms. The fraction of sp³-hybridized carbons (Fsp3) is 0.353. The second kappa shape index (κ2) is 8.59. The van der Waals surface area contributed by atoms with Crippen LogP contribution in [0.25, 0.3) is 0 Å². The van der Waals surface area contributed by atoms with E-state index < -0.39 is 5.91 Å². The Bertz CT molecular complexity index is 686. The highest BCUT2D eigenvalue weighted by Crippen LogP contribution is 2.15. The van der Waals surface area contributed by atoms with Gasteiger partial charge in [-0.25, -0.2) is 4.79 Å². The third kappa shape index (κ3) is 5.14. The maximum atomic E-state index is 12.2. The number of hydrogen-bond donors (Lipinski definition) is 2. The van der Waals surface area contributed by atoms with Crippen LogP contribution in [0.3, 0.4) is 0 Å². The number of piperazine rings is 1. The summed E-state index contributed by atoms with van der Waals surface area (Å²) in [6.45, 7) is 4.03. The van der Waals surface area contributed by atoms with Gasteiger partial charge in [0.25, 0.3) is 5.91 Å². The highest BCUT2D eigenvalue weighted by atomic mass is 16.6. The minimum absolute atomic E-state index is 0.0299. The van der Waals surface area contributed by atoms with Crippen molar-refractivity contribution in [1.29, 1.82) is 5.26 Å². The van der Waals surface area contributed by atoms with Crippen LogP contribution >= 0.6 is 0 Å². The maximum absolute atomic E-state index is 12.2. The molecule has 1 aliphatic heterocycles. The Morgan fingerprint density at radius 3 is 2.48 bits per heavy atom. The first-order valence-electron chi connectivity index (χ1n) is 7.91. The smallest absolute Gasteiger partial charge is 0.409 e. The predicted molar refractivity (Wildman–Crippen MR) is 90.6 cm³/mol. The van der Waals surface area contributed by atoms with Gasteiger partial charge in [-0.3, -0.25) is 4.79 Å². The number of phenols is 1. The van der Waals surface area contributed by atoms with Gasteiger partial charge >= 0.3 is 6.09 Å². The van der Waals surface area contributed by atoms with Crippen LogP contribution in [0.15, 0.2) is 36.0 Å². The van der Waals surface area contributed by atoms with E-state index in [2.05, 4.69) is 5.32 Å². The number of rotatable bonds is 4. The molecule has 0 spiro atoms. The van der Waals surface area contributed by atoms with Gasteiger partial charge in [-0.15, -0.1) is 0 Å². The van der Waals surface area contributed by atoms with Gasteiger partial charge in [0, 0.05) is 38.1 Å². The van der Waals surface area contributed by atoms with Crippen molar-refractivity contribution in [2.45, 2.75) is 6.92 Å². The highest BCUT2D eigenvalue weighted by molar-refractivity contribution is 6.06. The van der Waals surface area contributed by atoms with Gasteiger partial charge in [-0.1, -0.05) is 0 Å². The third-order valence-corrected chi connectivity index (χ3v) is 3.64. The van der Waals surface area contributed by atoms with Crippen LogP contribution in [0.1, 0.15) is 6.92 Å². The number of carbonyl (C=O) groups is 2. The standard InChI is InChI=1S/C17H20N4O4/c1-2-25-17(24)21-9-7-20(8-10-21)12-13(11-18)16(23)19-14-3-5-15(22)6-4-14/h3-6,12,22H,2,7-10H2,1H3,(H,19,23)/b13-12-. The minimum Gasteiger partial charge on any atom is -0.508 e. The maximum Gasteiger partial charge on any atom is 0.409 e. The second-order valence-corrected chi connectivity index (χ2v) is 5.38. The van der Waals surface area contributed by atoms with Crippen molar-refractivity contribution in [2.75, 3.05) is 38.1 Å². The Hall–Kier alpha value is -3.21. The van der Waals surface area contributed by atoms with E-state index in [9.17, 15) is 20.0 Å². The lowest BCUT2D eigenvalue weighted by Gasteiger charge is -2.33. The molecule has 2 rings (SSSR count). The molecule has 0 atom stereocenters. The van der Waals surface area contributed by atoms with Crippen LogP contribution in [0.4, 0.5) is 10.5 Å². The molecule has 0 saturated carbocycles. The van der Waals surface area contributed by atoms with E-state index in [-0.39, 0.29) is 17.4 Å². The quantitative estimate of drug-likeness (QED) is 0.487. The number of hydrogen-bond acceptors (Lipinski definition) is 6. The molecule has 8 heteroatoms. The van der Waals surface area contributed by atoms with E-state index in [0.717, 1.165) is 0 Å². The number of carbonyl (C=O) groups excluding carboxylic acids is 2. The average Bonchev–Trinajstić information content (AvgIpc) is 2.62. The molecule has 8 nitrogen and oxygen atoms in total. The molecule has 2 N–H and O–H groups in total. The van der Waals surface area contributed by atoms with Crippen molar-refractivity contribution in [1.82, 2.24) is 9.80 Å². The minimum atomic E-state index is -0.527. The van der Waals surface area contributed by atoms with Crippen LogP contribution in [0, 0.1) is 11.3 Å². The molecule has 132 valence electrons. The van der Waals surface area contributed by atoms with Crippen molar-refractivity contribution in [2.24, 2.45) is 0 Å². The third-order valence-electron chi connectivity index (χ3n) is 3.64. The first kappa shape index (κ1) is 18.1. The summed E-state index contributed by atoms with van der Waals surface area (Å²) in [4.78, 5) is 27.3. The van der Waals surface area contributed by atoms with Crippen LogP contribution in [-0.2, 0) is 9.53 Å². The summed E-state index contributed by atoms with van der Waals surface area (Å²) in [5.41, 5.74) is 0.453. The molecule has 1 aromatic carbocycles.